The van der Waals surface area contributed by atoms with Crippen molar-refractivity contribution < 1.29 is 76.1 Å². The molecule has 2 aliphatic rings. The van der Waals surface area contributed by atoms with E-state index in [0.717, 1.165) is 17.7 Å². The Balaban J connectivity index is 0.996. The van der Waals surface area contributed by atoms with Crippen molar-refractivity contribution in [1.82, 2.24) is 10.2 Å². The number of nitrogens with one attached hydrogen (secondary N) is 2. The van der Waals surface area contributed by atoms with Gasteiger partial charge >= 0.3 is 0 Å². The summed E-state index contributed by atoms with van der Waals surface area (Å²) in [5.41, 5.74) is 0.379. The molecule has 3 rings (SSSR count). The second-order valence-corrected chi connectivity index (χ2v) is 13.5. The zero-order valence-electron chi connectivity index (χ0n) is 35.4. The molecule has 1 aromatic rings. The van der Waals surface area contributed by atoms with Crippen LogP contribution in [0.1, 0.15) is 59.2 Å². The van der Waals surface area contributed by atoms with E-state index in [-0.39, 0.29) is 42.0 Å². The normalized spacial score (nSPS) is 15.1. The highest BCUT2D eigenvalue weighted by molar-refractivity contribution is 6.26. The van der Waals surface area contributed by atoms with Crippen molar-refractivity contribution in [2.45, 2.75) is 44.6 Å². The number of unbranched alkanes of at least 4 members (excludes halogenated alkanes) is 2. The van der Waals surface area contributed by atoms with Crippen molar-refractivity contribution in [2.24, 2.45) is 0 Å². The summed E-state index contributed by atoms with van der Waals surface area (Å²) in [6.07, 6.45) is 4.14. The molecule has 61 heavy (non-hydrogen) atoms. The number of fused-ring (bicyclic) bond motifs is 1. The molecule has 19 nitrogen and oxygen atoms in total. The summed E-state index contributed by atoms with van der Waals surface area (Å²) < 4.78 is 60.1. The molecule has 2 heterocycles. The standard InChI is InChI=1S/C42H65N3O16/c1-2-12-51-14-16-53-18-20-55-22-24-57-26-28-59-30-32-61-33-31-60-29-27-58-25-23-56-21-19-54-17-15-52-13-5-3-4-9-37(46)43-35-8-6-7-34-39(35)42(50)45(41(34)49)36-10-11-38(47)44-40(36)48/h2,6-8,36H,1,3-5,9-33H2,(H,43,46)(H,44,47,48). The van der Waals surface area contributed by atoms with Crippen LogP contribution in [-0.2, 0) is 66.5 Å². The van der Waals surface area contributed by atoms with Gasteiger partial charge in [0.2, 0.25) is 17.7 Å². The minimum Gasteiger partial charge on any atom is -0.379 e. The average Bonchev–Trinajstić information content (AvgIpc) is 3.50. The SMILES string of the molecule is C=CCOCCOCCOCCOCCOCCOCCOCCOCCOCCOCCOCCCCCC(=O)Nc1cccc2c1C(=O)N(C1CCC(=O)NC1=O)C2=O. The van der Waals surface area contributed by atoms with Gasteiger partial charge in [0, 0.05) is 19.4 Å². The maximum Gasteiger partial charge on any atom is 0.264 e. The van der Waals surface area contributed by atoms with Crippen LogP contribution >= 0.6 is 0 Å². The van der Waals surface area contributed by atoms with Crippen LogP contribution in [0, 0.1) is 0 Å². The highest BCUT2D eigenvalue weighted by Crippen LogP contribution is 2.32. The van der Waals surface area contributed by atoms with Crippen LogP contribution in [0.4, 0.5) is 5.69 Å². The van der Waals surface area contributed by atoms with E-state index in [9.17, 15) is 24.0 Å². The van der Waals surface area contributed by atoms with Gasteiger partial charge in [-0.3, -0.25) is 34.2 Å². The van der Waals surface area contributed by atoms with Gasteiger partial charge in [0.05, 0.1) is 156 Å². The fraction of sp³-hybridized carbons (Fsp3) is 0.690. The number of hydrogen-bond acceptors (Lipinski definition) is 16. The molecule has 1 aromatic carbocycles. The Hall–Kier alpha value is -3.73. The molecular weight excluding hydrogens is 802 g/mol. The number of hydrogen-bond donors (Lipinski definition) is 2. The predicted octanol–water partition coefficient (Wildman–Crippen LogP) is 1.96. The number of anilines is 1. The number of amides is 5. The largest absolute Gasteiger partial charge is 0.379 e. The number of carbonyl (C=O) groups is 5. The molecule has 0 aromatic heterocycles. The Kier molecular flexibility index (Phi) is 28.6. The summed E-state index contributed by atoms with van der Waals surface area (Å²) >= 11 is 0. The maximum atomic E-state index is 13.2. The van der Waals surface area contributed by atoms with Crippen LogP contribution in [-0.4, -0.2) is 186 Å². The smallest absolute Gasteiger partial charge is 0.264 e. The van der Waals surface area contributed by atoms with Gasteiger partial charge in [0.1, 0.15) is 6.04 Å². The van der Waals surface area contributed by atoms with Gasteiger partial charge in [0.15, 0.2) is 0 Å². The van der Waals surface area contributed by atoms with Gasteiger partial charge in [-0.25, -0.2) is 0 Å². The predicted molar refractivity (Wildman–Crippen MR) is 219 cm³/mol. The van der Waals surface area contributed by atoms with Crippen LogP contribution in [0.2, 0.25) is 0 Å². The first kappa shape index (κ1) is 51.6. The van der Waals surface area contributed by atoms with Gasteiger partial charge in [-0.1, -0.05) is 18.6 Å². The number of carbonyl (C=O) groups excluding carboxylic acids is 5. The average molecular weight is 868 g/mol. The Morgan fingerprint density at radius 3 is 1.49 bits per heavy atom. The number of rotatable bonds is 40. The summed E-state index contributed by atoms with van der Waals surface area (Å²) in [6.45, 7) is 14.3. The molecule has 0 radical (unpaired) electrons. The second kappa shape index (κ2) is 33.8. The molecule has 1 saturated heterocycles. The van der Waals surface area contributed by atoms with E-state index in [2.05, 4.69) is 17.2 Å². The second-order valence-electron chi connectivity index (χ2n) is 13.5. The quantitative estimate of drug-likeness (QED) is 0.0548. The molecule has 1 unspecified atom stereocenters. The highest BCUT2D eigenvalue weighted by atomic mass is 16.6. The monoisotopic (exact) mass is 867 g/mol. The zero-order valence-corrected chi connectivity index (χ0v) is 35.4. The Labute approximate surface area is 358 Å². The van der Waals surface area contributed by atoms with E-state index >= 15 is 0 Å². The van der Waals surface area contributed by atoms with Crippen molar-refractivity contribution in [1.29, 1.82) is 0 Å². The minimum atomic E-state index is -1.07. The van der Waals surface area contributed by atoms with E-state index in [0.29, 0.717) is 152 Å². The lowest BCUT2D eigenvalue weighted by molar-refractivity contribution is -0.136. The fourth-order valence-electron chi connectivity index (χ4n) is 5.86. The molecule has 2 aliphatic heterocycles. The molecule has 5 amide bonds. The Bertz CT molecular complexity index is 1430. The van der Waals surface area contributed by atoms with Crippen LogP contribution in [0.3, 0.4) is 0 Å². The van der Waals surface area contributed by atoms with Crippen molar-refractivity contribution >= 4 is 35.2 Å². The summed E-state index contributed by atoms with van der Waals surface area (Å²) in [6, 6.07) is 3.53. The number of ether oxygens (including phenoxy) is 11. The lowest BCUT2D eigenvalue weighted by Gasteiger charge is -2.27. The number of piperidine rings is 1. The molecule has 344 valence electrons. The summed E-state index contributed by atoms with van der Waals surface area (Å²) in [7, 11) is 0. The molecule has 1 atom stereocenters. The van der Waals surface area contributed by atoms with E-state index in [1.807, 2.05) is 0 Å². The van der Waals surface area contributed by atoms with E-state index in [4.69, 9.17) is 52.1 Å². The van der Waals surface area contributed by atoms with Gasteiger partial charge in [0.25, 0.3) is 11.8 Å². The summed E-state index contributed by atoms with van der Waals surface area (Å²) in [5.74, 6) is -2.72. The number of nitrogens with zero attached hydrogens (tertiary/aromatic N) is 1. The van der Waals surface area contributed by atoms with Crippen LogP contribution in [0.25, 0.3) is 0 Å². The summed E-state index contributed by atoms with van der Waals surface area (Å²) in [5, 5.41) is 4.91. The van der Waals surface area contributed by atoms with Crippen molar-refractivity contribution in [3.63, 3.8) is 0 Å². The fourth-order valence-corrected chi connectivity index (χ4v) is 5.86. The lowest BCUT2D eigenvalue weighted by atomic mass is 10.0. The van der Waals surface area contributed by atoms with Gasteiger partial charge in [-0.05, 0) is 31.4 Å². The highest BCUT2D eigenvalue weighted by Gasteiger charge is 2.45. The van der Waals surface area contributed by atoms with E-state index in [1.54, 1.807) is 18.2 Å². The number of imide groups is 2. The van der Waals surface area contributed by atoms with Gasteiger partial charge in [-0.2, -0.15) is 0 Å². The first-order valence-corrected chi connectivity index (χ1v) is 21.0. The zero-order chi connectivity index (χ0) is 43.6. The number of benzene rings is 1. The van der Waals surface area contributed by atoms with Crippen molar-refractivity contribution in [2.75, 3.05) is 151 Å². The molecular formula is C42H65N3O16. The van der Waals surface area contributed by atoms with E-state index < -0.39 is 29.7 Å². The van der Waals surface area contributed by atoms with E-state index in [1.165, 1.54) is 6.07 Å². The van der Waals surface area contributed by atoms with Crippen LogP contribution < -0.4 is 10.6 Å². The molecule has 0 aliphatic carbocycles. The van der Waals surface area contributed by atoms with Crippen LogP contribution in [0.5, 0.6) is 0 Å². The van der Waals surface area contributed by atoms with Crippen molar-refractivity contribution in [3.8, 4) is 0 Å². The molecule has 0 saturated carbocycles. The van der Waals surface area contributed by atoms with Gasteiger partial charge in [-0.15, -0.1) is 6.58 Å². The topological polar surface area (TPSA) is 214 Å². The molecule has 0 bridgehead atoms. The first-order valence-electron chi connectivity index (χ1n) is 21.0. The third kappa shape index (κ3) is 22.3. The molecule has 19 heteroatoms. The molecule has 2 N–H and O–H groups in total. The maximum absolute atomic E-state index is 13.2. The lowest BCUT2D eigenvalue weighted by Crippen LogP contribution is -2.54. The summed E-state index contributed by atoms with van der Waals surface area (Å²) in [4.78, 5) is 63.6. The Morgan fingerprint density at radius 2 is 1.05 bits per heavy atom. The molecule has 1 fully saturated rings. The van der Waals surface area contributed by atoms with Gasteiger partial charge < -0.3 is 57.4 Å². The third-order valence-corrected chi connectivity index (χ3v) is 8.89. The third-order valence-electron chi connectivity index (χ3n) is 8.89. The van der Waals surface area contributed by atoms with Crippen LogP contribution in [0.15, 0.2) is 30.9 Å². The van der Waals surface area contributed by atoms with Crippen molar-refractivity contribution in [3.05, 3.63) is 42.0 Å². The first-order chi connectivity index (χ1) is 29.9. The minimum absolute atomic E-state index is 0.0272. The Morgan fingerprint density at radius 1 is 0.607 bits per heavy atom. The molecule has 0 spiro atoms.